The van der Waals surface area contributed by atoms with Crippen LogP contribution >= 0.6 is 11.6 Å². The van der Waals surface area contributed by atoms with Crippen molar-refractivity contribution in [3.8, 4) is 0 Å². The number of carbonyl (C=O) groups is 1. The molecule has 0 aliphatic rings. The number of rotatable bonds is 4. The molecule has 0 spiro atoms. The molecule has 0 aliphatic carbocycles. The zero-order chi connectivity index (χ0) is 12.1. The molecule has 0 heterocycles. The number of ether oxygens (including phenoxy) is 1. The topological polar surface area (TPSA) is 38.3 Å². The van der Waals surface area contributed by atoms with Crippen molar-refractivity contribution in [3.63, 3.8) is 0 Å². The van der Waals surface area contributed by atoms with Crippen molar-refractivity contribution in [2.75, 3.05) is 18.3 Å². The van der Waals surface area contributed by atoms with Crippen LogP contribution in [-0.2, 0) is 9.53 Å². The molecular weight excluding hydrogens is 226 g/mol. The molecule has 1 rings (SSSR count). The van der Waals surface area contributed by atoms with Crippen LogP contribution < -0.4 is 5.32 Å². The Bertz CT molecular complexity index is 355. The highest BCUT2D eigenvalue weighted by atomic mass is 35.5. The zero-order valence-electron chi connectivity index (χ0n) is 9.71. The number of nitrogens with one attached hydrogen (secondary N) is 1. The number of para-hydroxylation sites is 1. The van der Waals surface area contributed by atoms with Gasteiger partial charge >= 0.3 is 0 Å². The van der Waals surface area contributed by atoms with E-state index >= 15 is 0 Å². The summed E-state index contributed by atoms with van der Waals surface area (Å²) in [6.07, 6.45) is -0.610. The summed E-state index contributed by atoms with van der Waals surface area (Å²) in [4.78, 5) is 11.8. The number of aryl methyl sites for hydroxylation is 2. The number of carbonyl (C=O) groups excluding carboxylic acids is 1. The summed E-state index contributed by atoms with van der Waals surface area (Å²) in [5, 5.41) is 2.83. The van der Waals surface area contributed by atoms with Crippen LogP contribution in [0.15, 0.2) is 18.2 Å². The minimum atomic E-state index is -0.610. The van der Waals surface area contributed by atoms with Gasteiger partial charge in [0.05, 0.1) is 5.88 Å². The molecule has 0 aliphatic heterocycles. The fraction of sp³-hybridized carbons (Fsp3) is 0.417. The minimum Gasteiger partial charge on any atom is -0.370 e. The molecule has 0 saturated carbocycles. The molecule has 0 radical (unpaired) electrons. The van der Waals surface area contributed by atoms with E-state index in [1.807, 2.05) is 32.0 Å². The largest absolute Gasteiger partial charge is 0.370 e. The molecule has 0 aromatic heterocycles. The normalized spacial score (nSPS) is 12.2. The van der Waals surface area contributed by atoms with Gasteiger partial charge in [-0.15, -0.1) is 11.6 Å². The molecule has 0 bridgehead atoms. The van der Waals surface area contributed by atoms with Gasteiger partial charge in [-0.25, -0.2) is 0 Å². The molecule has 16 heavy (non-hydrogen) atoms. The second-order valence-electron chi connectivity index (χ2n) is 3.63. The van der Waals surface area contributed by atoms with Crippen LogP contribution in [0.1, 0.15) is 11.1 Å². The molecule has 4 heteroatoms. The summed E-state index contributed by atoms with van der Waals surface area (Å²) >= 11 is 5.62. The van der Waals surface area contributed by atoms with Gasteiger partial charge in [0.1, 0.15) is 6.10 Å². The van der Waals surface area contributed by atoms with E-state index in [1.165, 1.54) is 7.11 Å². The highest BCUT2D eigenvalue weighted by Gasteiger charge is 2.17. The van der Waals surface area contributed by atoms with Gasteiger partial charge in [0.2, 0.25) is 0 Å². The van der Waals surface area contributed by atoms with Crippen LogP contribution in [-0.4, -0.2) is 25.0 Å². The third-order valence-corrected chi connectivity index (χ3v) is 2.73. The number of amides is 1. The maximum Gasteiger partial charge on any atom is 0.254 e. The predicted octanol–water partition coefficient (Wildman–Crippen LogP) is 2.50. The van der Waals surface area contributed by atoms with Gasteiger partial charge in [0.25, 0.3) is 5.91 Å². The van der Waals surface area contributed by atoms with Gasteiger partial charge in [-0.2, -0.15) is 0 Å². The predicted molar refractivity (Wildman–Crippen MR) is 66.1 cm³/mol. The number of anilines is 1. The monoisotopic (exact) mass is 241 g/mol. The number of hydrogen-bond acceptors (Lipinski definition) is 2. The average Bonchev–Trinajstić information content (AvgIpc) is 2.25. The third-order valence-electron chi connectivity index (χ3n) is 2.45. The Labute approximate surface area is 101 Å². The first kappa shape index (κ1) is 13.0. The van der Waals surface area contributed by atoms with Gasteiger partial charge in [-0.3, -0.25) is 4.79 Å². The summed E-state index contributed by atoms with van der Waals surface area (Å²) in [5.74, 6) is -0.0670. The second kappa shape index (κ2) is 5.87. The van der Waals surface area contributed by atoms with E-state index in [4.69, 9.17) is 16.3 Å². The van der Waals surface area contributed by atoms with Crippen molar-refractivity contribution >= 4 is 23.2 Å². The van der Waals surface area contributed by atoms with E-state index in [1.54, 1.807) is 0 Å². The van der Waals surface area contributed by atoms with E-state index in [2.05, 4.69) is 5.32 Å². The summed E-state index contributed by atoms with van der Waals surface area (Å²) in [6, 6.07) is 5.85. The van der Waals surface area contributed by atoms with Crippen molar-refractivity contribution in [3.05, 3.63) is 29.3 Å². The van der Waals surface area contributed by atoms with Crippen LogP contribution in [0, 0.1) is 13.8 Å². The van der Waals surface area contributed by atoms with E-state index in [9.17, 15) is 4.79 Å². The van der Waals surface area contributed by atoms with E-state index < -0.39 is 6.10 Å². The summed E-state index contributed by atoms with van der Waals surface area (Å²) in [5.41, 5.74) is 2.88. The van der Waals surface area contributed by atoms with Crippen molar-refractivity contribution in [2.45, 2.75) is 20.0 Å². The lowest BCUT2D eigenvalue weighted by Crippen LogP contribution is -2.31. The molecular formula is C12H16ClNO2. The Hall–Kier alpha value is -1.06. The molecule has 3 nitrogen and oxygen atoms in total. The first-order chi connectivity index (χ1) is 7.60. The maximum atomic E-state index is 11.8. The Morgan fingerprint density at radius 2 is 2.00 bits per heavy atom. The van der Waals surface area contributed by atoms with Gasteiger partial charge in [0.15, 0.2) is 0 Å². The molecule has 1 N–H and O–H groups in total. The molecule has 0 saturated heterocycles. The second-order valence-corrected chi connectivity index (χ2v) is 3.94. The number of halogens is 1. The SMILES string of the molecule is COC(CCl)C(=O)Nc1c(C)cccc1C. The van der Waals surface area contributed by atoms with Crippen LogP contribution in [0.3, 0.4) is 0 Å². The Balaban J connectivity index is 2.84. The summed E-state index contributed by atoms with van der Waals surface area (Å²) in [6.45, 7) is 3.90. The van der Waals surface area contributed by atoms with E-state index in [-0.39, 0.29) is 11.8 Å². The summed E-state index contributed by atoms with van der Waals surface area (Å²) in [7, 11) is 1.47. The van der Waals surface area contributed by atoms with Gasteiger partial charge in [0, 0.05) is 12.8 Å². The fourth-order valence-electron chi connectivity index (χ4n) is 1.46. The minimum absolute atomic E-state index is 0.146. The molecule has 1 amide bonds. The smallest absolute Gasteiger partial charge is 0.254 e. The first-order valence-electron chi connectivity index (χ1n) is 5.06. The molecule has 1 unspecified atom stereocenters. The highest BCUT2D eigenvalue weighted by Crippen LogP contribution is 2.19. The number of benzene rings is 1. The Morgan fingerprint density at radius 3 is 2.44 bits per heavy atom. The van der Waals surface area contributed by atoms with Gasteiger partial charge < -0.3 is 10.1 Å². The lowest BCUT2D eigenvalue weighted by atomic mass is 10.1. The molecule has 1 aromatic carbocycles. The van der Waals surface area contributed by atoms with E-state index in [0.29, 0.717) is 0 Å². The average molecular weight is 242 g/mol. The lowest BCUT2D eigenvalue weighted by molar-refractivity contribution is -0.124. The number of methoxy groups -OCH3 is 1. The van der Waals surface area contributed by atoms with E-state index in [0.717, 1.165) is 16.8 Å². The van der Waals surface area contributed by atoms with Crippen molar-refractivity contribution in [1.82, 2.24) is 0 Å². The van der Waals surface area contributed by atoms with Crippen molar-refractivity contribution in [2.24, 2.45) is 0 Å². The molecule has 1 atom stereocenters. The van der Waals surface area contributed by atoms with Crippen LogP contribution in [0.4, 0.5) is 5.69 Å². The Kier molecular flexibility index (Phi) is 4.77. The van der Waals surface area contributed by atoms with Crippen LogP contribution in [0.25, 0.3) is 0 Å². The Morgan fingerprint density at radius 1 is 1.44 bits per heavy atom. The lowest BCUT2D eigenvalue weighted by Gasteiger charge is -2.15. The standard InChI is InChI=1S/C12H16ClNO2/c1-8-5-4-6-9(2)11(8)14-12(15)10(7-13)16-3/h4-6,10H,7H2,1-3H3,(H,14,15). The highest BCUT2D eigenvalue weighted by molar-refractivity contribution is 6.20. The molecule has 88 valence electrons. The van der Waals surface area contributed by atoms with Crippen molar-refractivity contribution in [1.29, 1.82) is 0 Å². The third kappa shape index (κ3) is 2.97. The number of hydrogen-bond donors (Lipinski definition) is 1. The summed E-state index contributed by atoms with van der Waals surface area (Å²) < 4.78 is 4.97. The number of alkyl halides is 1. The quantitative estimate of drug-likeness (QED) is 0.823. The molecule has 0 fully saturated rings. The van der Waals surface area contributed by atoms with Crippen molar-refractivity contribution < 1.29 is 9.53 Å². The first-order valence-corrected chi connectivity index (χ1v) is 5.59. The molecule has 1 aromatic rings. The fourth-order valence-corrected chi connectivity index (χ4v) is 1.72. The van der Waals surface area contributed by atoms with Crippen LogP contribution in [0.2, 0.25) is 0 Å². The van der Waals surface area contributed by atoms with Gasteiger partial charge in [-0.1, -0.05) is 18.2 Å². The zero-order valence-corrected chi connectivity index (χ0v) is 10.5. The maximum absolute atomic E-state index is 11.8. The van der Waals surface area contributed by atoms with Gasteiger partial charge in [-0.05, 0) is 25.0 Å². The van der Waals surface area contributed by atoms with Crippen LogP contribution in [0.5, 0.6) is 0 Å².